The fraction of sp³-hybridized carbons (Fsp3) is 0.300. The van der Waals surface area contributed by atoms with Crippen LogP contribution in [-0.2, 0) is 0 Å². The molecule has 0 aliphatic carbocycles. The van der Waals surface area contributed by atoms with Crippen LogP contribution in [-0.4, -0.2) is 37.0 Å². The van der Waals surface area contributed by atoms with Gasteiger partial charge in [0.1, 0.15) is 29.6 Å². The molecule has 9 heteroatoms. The van der Waals surface area contributed by atoms with Gasteiger partial charge in [-0.2, -0.15) is 8.79 Å². The smallest absolute Gasteiger partial charge is 0.320 e. The number of pyridine rings is 1. The van der Waals surface area contributed by atoms with E-state index in [9.17, 15) is 4.39 Å². The Labute approximate surface area is 173 Å². The molecule has 1 aromatic carbocycles. The number of imidazole rings is 1. The summed E-state index contributed by atoms with van der Waals surface area (Å²) in [6.07, 6.45) is 4.53. The van der Waals surface area contributed by atoms with Gasteiger partial charge < -0.3 is 21.7 Å². The Bertz CT molecular complexity index is 1080. The molecule has 0 saturated carbocycles. The van der Waals surface area contributed by atoms with Crippen molar-refractivity contribution in [3.63, 3.8) is 0 Å². The summed E-state index contributed by atoms with van der Waals surface area (Å²) in [5, 5.41) is 3.71. The van der Waals surface area contributed by atoms with Crippen LogP contribution in [0.4, 0.5) is 21.5 Å². The molecule has 1 aliphatic heterocycles. The van der Waals surface area contributed by atoms with Gasteiger partial charge in [0.25, 0.3) is 0 Å². The summed E-state index contributed by atoms with van der Waals surface area (Å²) in [6, 6.07) is 5.47. The molecule has 4 rings (SSSR count). The van der Waals surface area contributed by atoms with E-state index < -0.39 is 5.82 Å². The van der Waals surface area contributed by atoms with Gasteiger partial charge in [0.2, 0.25) is 5.82 Å². The van der Waals surface area contributed by atoms with E-state index in [1.54, 1.807) is 16.8 Å². The number of hydrogen-bond acceptors (Lipinski definition) is 4. The highest BCUT2D eigenvalue weighted by atomic mass is 35.5. The van der Waals surface area contributed by atoms with Crippen molar-refractivity contribution >= 4 is 40.1 Å². The Morgan fingerprint density at radius 2 is 2.17 bits per heavy atom. The van der Waals surface area contributed by atoms with Crippen molar-refractivity contribution in [1.29, 1.82) is 0 Å². The molecule has 0 spiro atoms. The minimum Gasteiger partial charge on any atom is -0.398 e. The SMILES string of the molecule is CN[C@@H]1CCN(c2cc(N)c(C(N)=Nc3cc(F)c4[nH]c(C)c[n+]4c3)c(Cl)c2)C1. The number of halogens is 2. The van der Waals surface area contributed by atoms with Crippen molar-refractivity contribution in [1.82, 2.24) is 10.3 Å². The number of rotatable bonds is 4. The maximum atomic E-state index is 14.3. The van der Waals surface area contributed by atoms with Crippen LogP contribution >= 0.6 is 11.6 Å². The number of H-pyrrole nitrogens is 1. The zero-order chi connectivity index (χ0) is 20.7. The van der Waals surface area contributed by atoms with Crippen molar-refractivity contribution in [2.24, 2.45) is 10.7 Å². The molecule has 0 bridgehead atoms. The lowest BCUT2D eigenvalue weighted by molar-refractivity contribution is -0.510. The molecular weight excluding hydrogens is 393 g/mol. The van der Waals surface area contributed by atoms with Gasteiger partial charge in [-0.15, -0.1) is 0 Å². The van der Waals surface area contributed by atoms with Gasteiger partial charge in [0, 0.05) is 43.5 Å². The number of nitrogens with two attached hydrogens (primary N) is 2. The monoisotopic (exact) mass is 416 g/mol. The van der Waals surface area contributed by atoms with Crippen molar-refractivity contribution in [3.8, 4) is 0 Å². The first-order valence-corrected chi connectivity index (χ1v) is 9.79. The van der Waals surface area contributed by atoms with Crippen molar-refractivity contribution in [3.05, 3.63) is 52.7 Å². The van der Waals surface area contributed by atoms with Gasteiger partial charge in [-0.05, 0) is 25.6 Å². The molecule has 6 N–H and O–H groups in total. The Balaban J connectivity index is 1.67. The lowest BCUT2D eigenvalue weighted by Crippen LogP contribution is -2.29. The molecule has 29 heavy (non-hydrogen) atoms. The lowest BCUT2D eigenvalue weighted by Gasteiger charge is -2.21. The largest absolute Gasteiger partial charge is 0.398 e. The molecule has 1 fully saturated rings. The highest BCUT2D eigenvalue weighted by Crippen LogP contribution is 2.31. The highest BCUT2D eigenvalue weighted by Gasteiger charge is 2.23. The first-order chi connectivity index (χ1) is 13.9. The molecule has 2 aromatic heterocycles. The van der Waals surface area contributed by atoms with E-state index in [0.717, 1.165) is 30.9 Å². The van der Waals surface area contributed by atoms with E-state index in [1.165, 1.54) is 6.07 Å². The predicted molar refractivity (Wildman–Crippen MR) is 115 cm³/mol. The number of aromatic amines is 1. The maximum Gasteiger partial charge on any atom is 0.320 e. The number of aromatic nitrogens is 2. The fourth-order valence-electron chi connectivity index (χ4n) is 3.77. The van der Waals surface area contributed by atoms with Crippen LogP contribution < -0.4 is 26.1 Å². The number of aryl methyl sites for hydroxylation is 1. The molecule has 152 valence electrons. The average Bonchev–Trinajstić information content (AvgIpc) is 3.27. The third-order valence-corrected chi connectivity index (χ3v) is 5.55. The predicted octanol–water partition coefficient (Wildman–Crippen LogP) is 2.27. The summed E-state index contributed by atoms with van der Waals surface area (Å²) in [4.78, 5) is 9.54. The quantitative estimate of drug-likeness (QED) is 0.227. The van der Waals surface area contributed by atoms with Gasteiger partial charge in [-0.3, -0.25) is 0 Å². The topological polar surface area (TPSA) is 99.6 Å². The molecule has 7 nitrogen and oxygen atoms in total. The van der Waals surface area contributed by atoms with Gasteiger partial charge in [0.15, 0.2) is 0 Å². The van der Waals surface area contributed by atoms with Crippen LogP contribution in [0.15, 0.2) is 35.6 Å². The van der Waals surface area contributed by atoms with E-state index in [0.29, 0.717) is 33.6 Å². The van der Waals surface area contributed by atoms with Crippen molar-refractivity contribution < 1.29 is 8.79 Å². The molecule has 1 saturated heterocycles. The second kappa shape index (κ2) is 7.53. The van der Waals surface area contributed by atoms with Crippen LogP contribution in [0.1, 0.15) is 17.7 Å². The minimum absolute atomic E-state index is 0.139. The van der Waals surface area contributed by atoms with E-state index in [-0.39, 0.29) is 5.84 Å². The minimum atomic E-state index is -0.422. The Morgan fingerprint density at radius 3 is 2.86 bits per heavy atom. The maximum absolute atomic E-state index is 14.3. The second-order valence-corrected chi connectivity index (χ2v) is 7.76. The van der Waals surface area contributed by atoms with Gasteiger partial charge in [0.05, 0.1) is 10.6 Å². The van der Waals surface area contributed by atoms with Gasteiger partial charge >= 0.3 is 5.65 Å². The number of nitrogens with zero attached hydrogens (tertiary/aromatic N) is 3. The lowest BCUT2D eigenvalue weighted by atomic mass is 10.1. The summed E-state index contributed by atoms with van der Waals surface area (Å²) >= 11 is 6.51. The molecule has 0 radical (unpaired) electrons. The number of nitrogen functional groups attached to an aromatic ring is 1. The van der Waals surface area contributed by atoms with Gasteiger partial charge in [-0.25, -0.2) is 9.98 Å². The molecule has 3 aromatic rings. The van der Waals surface area contributed by atoms with Gasteiger partial charge in [-0.1, -0.05) is 11.6 Å². The molecule has 1 aliphatic rings. The molecular formula is C20H24ClFN7+. The third-order valence-electron chi connectivity index (χ3n) is 5.25. The first-order valence-electron chi connectivity index (χ1n) is 9.41. The number of benzene rings is 1. The van der Waals surface area contributed by atoms with Crippen molar-refractivity contribution in [2.45, 2.75) is 19.4 Å². The number of likely N-dealkylation sites (N-methyl/N-ethyl adjacent to an activating group) is 1. The molecule has 1 atom stereocenters. The Kier molecular flexibility index (Phi) is 5.06. The summed E-state index contributed by atoms with van der Waals surface area (Å²) < 4.78 is 16.0. The summed E-state index contributed by atoms with van der Waals surface area (Å²) in [5.41, 5.74) is 15.9. The number of anilines is 2. The zero-order valence-corrected chi connectivity index (χ0v) is 17.1. The average molecular weight is 417 g/mol. The van der Waals surface area contributed by atoms with Crippen LogP contribution in [0.2, 0.25) is 5.02 Å². The van der Waals surface area contributed by atoms with Crippen LogP contribution in [0.25, 0.3) is 5.65 Å². The van der Waals surface area contributed by atoms with Crippen molar-refractivity contribution in [2.75, 3.05) is 30.8 Å². The number of amidine groups is 1. The Hall–Kier alpha value is -2.84. The zero-order valence-electron chi connectivity index (χ0n) is 16.3. The number of aliphatic imine (C=N–C) groups is 1. The Morgan fingerprint density at radius 1 is 1.38 bits per heavy atom. The van der Waals surface area contributed by atoms with E-state index in [2.05, 4.69) is 20.2 Å². The van der Waals surface area contributed by atoms with Crippen LogP contribution in [0.3, 0.4) is 0 Å². The molecule has 0 unspecified atom stereocenters. The third kappa shape index (κ3) is 3.73. The molecule has 3 heterocycles. The van der Waals surface area contributed by atoms with Crippen LogP contribution in [0.5, 0.6) is 0 Å². The van der Waals surface area contributed by atoms with E-state index in [4.69, 9.17) is 23.1 Å². The number of fused-ring (bicyclic) bond motifs is 1. The molecule has 0 amide bonds. The number of hydrogen-bond donors (Lipinski definition) is 4. The van der Waals surface area contributed by atoms with E-state index in [1.807, 2.05) is 26.1 Å². The highest BCUT2D eigenvalue weighted by molar-refractivity contribution is 6.35. The summed E-state index contributed by atoms with van der Waals surface area (Å²) in [7, 11) is 1.96. The summed E-state index contributed by atoms with van der Waals surface area (Å²) in [6.45, 7) is 3.67. The normalized spacial score (nSPS) is 17.4. The summed E-state index contributed by atoms with van der Waals surface area (Å²) in [5.74, 6) is -0.283. The second-order valence-electron chi connectivity index (χ2n) is 7.35. The van der Waals surface area contributed by atoms with Crippen LogP contribution in [0, 0.1) is 12.7 Å². The fourth-order valence-corrected chi connectivity index (χ4v) is 4.09. The number of nitrogens with one attached hydrogen (secondary N) is 2. The standard InChI is InChI=1S/C20H23ClFN7/c1-11-8-29-10-13(5-16(22)20(29)26-11)27-19(24)18-15(21)6-14(7-17(18)23)28-4-3-12(9-28)25-2/h5-8,10,12,25H,3-4,9H2,1-2H3,(H4,23,24,27)/p+1/t12-/m1/s1. The van der Waals surface area contributed by atoms with E-state index >= 15 is 0 Å². The first kappa shape index (κ1) is 19.5.